The van der Waals surface area contributed by atoms with Crippen LogP contribution >= 0.6 is 0 Å². The van der Waals surface area contributed by atoms with Gasteiger partial charge in [-0.25, -0.2) is 0 Å². The summed E-state index contributed by atoms with van der Waals surface area (Å²) in [4.78, 5) is 0. The topological polar surface area (TPSA) is 21.3 Å². The Morgan fingerprint density at radius 1 is 1.31 bits per heavy atom. The van der Waals surface area contributed by atoms with Crippen molar-refractivity contribution in [2.75, 3.05) is 19.8 Å². The average molecular weight is 187 g/mol. The molecule has 0 aliphatic carbocycles. The van der Waals surface area contributed by atoms with E-state index in [2.05, 4.69) is 33.0 Å². The van der Waals surface area contributed by atoms with Gasteiger partial charge in [-0.05, 0) is 25.3 Å². The maximum atomic E-state index is 5.43. The molecule has 0 aliphatic heterocycles. The summed E-state index contributed by atoms with van der Waals surface area (Å²) < 4.78 is 5.43. The molecule has 0 amide bonds. The first-order valence-corrected chi connectivity index (χ1v) is 5.29. The van der Waals surface area contributed by atoms with Gasteiger partial charge in [0.15, 0.2) is 0 Å². The van der Waals surface area contributed by atoms with Crippen LogP contribution in [0.5, 0.6) is 0 Å². The van der Waals surface area contributed by atoms with E-state index in [1.807, 2.05) is 6.92 Å². The molecular weight excluding hydrogens is 162 g/mol. The molecule has 2 heteroatoms. The highest BCUT2D eigenvalue weighted by molar-refractivity contribution is 4.69. The normalized spacial score (nSPS) is 12.5. The van der Waals surface area contributed by atoms with Gasteiger partial charge < -0.3 is 10.1 Å². The van der Waals surface area contributed by atoms with Gasteiger partial charge in [-0.3, -0.25) is 0 Å². The second kappa shape index (κ2) is 6.39. The molecule has 0 radical (unpaired) electrons. The average Bonchev–Trinajstić information content (AvgIpc) is 2.00. The number of ether oxygens (including phenoxy) is 1. The van der Waals surface area contributed by atoms with E-state index in [0.717, 1.165) is 19.8 Å². The molecule has 13 heavy (non-hydrogen) atoms. The molecule has 1 N–H and O–H groups in total. The predicted molar refractivity (Wildman–Crippen MR) is 58.0 cm³/mol. The van der Waals surface area contributed by atoms with Crippen LogP contribution in [0.3, 0.4) is 0 Å². The zero-order chi connectivity index (χ0) is 10.3. The first-order valence-electron chi connectivity index (χ1n) is 5.29. The highest BCUT2D eigenvalue weighted by Crippen LogP contribution is 2.19. The largest absolute Gasteiger partial charge is 0.381 e. The van der Waals surface area contributed by atoms with Crippen molar-refractivity contribution in [3.63, 3.8) is 0 Å². The Hall–Kier alpha value is -0.0800. The zero-order valence-electron chi connectivity index (χ0n) is 9.81. The summed E-state index contributed by atoms with van der Waals surface area (Å²) in [6.07, 6.45) is 1.17. The molecular formula is C11H25NO. The van der Waals surface area contributed by atoms with E-state index in [0.29, 0.717) is 11.5 Å². The molecule has 0 unspecified atom stereocenters. The van der Waals surface area contributed by atoms with E-state index in [9.17, 15) is 0 Å². The van der Waals surface area contributed by atoms with E-state index >= 15 is 0 Å². The smallest absolute Gasteiger partial charge is 0.0517 e. The lowest BCUT2D eigenvalue weighted by Crippen LogP contribution is -2.29. The van der Waals surface area contributed by atoms with Gasteiger partial charge in [0.2, 0.25) is 0 Å². The van der Waals surface area contributed by atoms with Crippen LogP contribution in [0.2, 0.25) is 0 Å². The van der Waals surface area contributed by atoms with Crippen molar-refractivity contribution in [3.05, 3.63) is 0 Å². The maximum absolute atomic E-state index is 5.43. The zero-order valence-corrected chi connectivity index (χ0v) is 9.81. The second-order valence-corrected chi connectivity index (χ2v) is 4.66. The fourth-order valence-corrected chi connectivity index (χ4v) is 1.15. The van der Waals surface area contributed by atoms with Gasteiger partial charge in [0.05, 0.1) is 6.61 Å². The lowest BCUT2D eigenvalue weighted by molar-refractivity contribution is 0.0659. The van der Waals surface area contributed by atoms with Crippen LogP contribution in [0.4, 0.5) is 0 Å². The molecule has 0 bridgehead atoms. The molecule has 0 heterocycles. The minimum atomic E-state index is 0.303. The van der Waals surface area contributed by atoms with E-state index in [1.165, 1.54) is 6.42 Å². The van der Waals surface area contributed by atoms with Gasteiger partial charge in [-0.15, -0.1) is 0 Å². The molecule has 0 aliphatic rings. The van der Waals surface area contributed by atoms with Crippen LogP contribution in [0, 0.1) is 5.41 Å². The van der Waals surface area contributed by atoms with Gasteiger partial charge in [0, 0.05) is 12.6 Å². The van der Waals surface area contributed by atoms with Crippen molar-refractivity contribution < 1.29 is 4.74 Å². The highest BCUT2D eigenvalue weighted by atomic mass is 16.5. The molecule has 0 aromatic rings. The molecule has 0 saturated carbocycles. The van der Waals surface area contributed by atoms with Crippen molar-refractivity contribution in [1.82, 2.24) is 5.32 Å². The van der Waals surface area contributed by atoms with Crippen molar-refractivity contribution in [2.24, 2.45) is 5.41 Å². The summed E-state index contributed by atoms with van der Waals surface area (Å²) in [6.45, 7) is 13.7. The summed E-state index contributed by atoms with van der Waals surface area (Å²) in [6, 6.07) is 0.586. The Labute approximate surface area is 83.1 Å². The fraction of sp³-hybridized carbons (Fsp3) is 1.00. The Morgan fingerprint density at radius 3 is 2.38 bits per heavy atom. The van der Waals surface area contributed by atoms with Crippen LogP contribution < -0.4 is 5.32 Å². The monoisotopic (exact) mass is 187 g/mol. The molecule has 80 valence electrons. The lowest BCUT2D eigenvalue weighted by atomic mass is 9.90. The van der Waals surface area contributed by atoms with Crippen LogP contribution in [0.15, 0.2) is 0 Å². The first kappa shape index (κ1) is 12.9. The number of hydrogen-bond donors (Lipinski definition) is 1. The molecule has 0 atom stereocenters. The summed E-state index contributed by atoms with van der Waals surface area (Å²) in [5.74, 6) is 0. The fourth-order valence-electron chi connectivity index (χ4n) is 1.15. The highest BCUT2D eigenvalue weighted by Gasteiger charge is 2.17. The Kier molecular flexibility index (Phi) is 6.35. The van der Waals surface area contributed by atoms with Crippen molar-refractivity contribution in [3.8, 4) is 0 Å². The van der Waals surface area contributed by atoms with Crippen LogP contribution in [-0.4, -0.2) is 25.8 Å². The Morgan fingerprint density at radius 2 is 1.92 bits per heavy atom. The molecule has 0 aromatic carbocycles. The maximum Gasteiger partial charge on any atom is 0.0517 e. The van der Waals surface area contributed by atoms with Crippen molar-refractivity contribution in [1.29, 1.82) is 0 Å². The summed E-state index contributed by atoms with van der Waals surface area (Å²) >= 11 is 0. The number of nitrogens with one attached hydrogen (secondary N) is 1. The molecule has 2 nitrogen and oxygen atoms in total. The first-order chi connectivity index (χ1) is 5.98. The summed E-state index contributed by atoms with van der Waals surface area (Å²) in [5, 5.41) is 3.42. The molecule has 0 spiro atoms. The number of hydrogen-bond acceptors (Lipinski definition) is 2. The standard InChI is InChI=1S/C11H25NO/c1-6-13-9-11(4,5)7-8-12-10(2)3/h10,12H,6-9H2,1-5H3. The van der Waals surface area contributed by atoms with Crippen LogP contribution in [0.25, 0.3) is 0 Å². The third-order valence-electron chi connectivity index (χ3n) is 2.05. The Balaban J connectivity index is 3.50. The molecule has 0 rings (SSSR count). The third kappa shape index (κ3) is 8.26. The van der Waals surface area contributed by atoms with Crippen molar-refractivity contribution in [2.45, 2.75) is 47.1 Å². The van der Waals surface area contributed by atoms with E-state index in [1.54, 1.807) is 0 Å². The van der Waals surface area contributed by atoms with Crippen LogP contribution in [-0.2, 0) is 4.74 Å². The second-order valence-electron chi connectivity index (χ2n) is 4.66. The molecule has 0 saturated heterocycles. The quantitative estimate of drug-likeness (QED) is 0.661. The number of rotatable bonds is 7. The predicted octanol–water partition coefficient (Wildman–Crippen LogP) is 2.44. The van der Waals surface area contributed by atoms with Crippen molar-refractivity contribution >= 4 is 0 Å². The van der Waals surface area contributed by atoms with Gasteiger partial charge in [-0.1, -0.05) is 27.7 Å². The lowest BCUT2D eigenvalue weighted by Gasteiger charge is -2.24. The molecule has 0 aromatic heterocycles. The summed E-state index contributed by atoms with van der Waals surface area (Å²) in [7, 11) is 0. The van der Waals surface area contributed by atoms with E-state index in [-0.39, 0.29) is 0 Å². The van der Waals surface area contributed by atoms with Gasteiger partial charge in [0.1, 0.15) is 0 Å². The third-order valence-corrected chi connectivity index (χ3v) is 2.05. The van der Waals surface area contributed by atoms with E-state index in [4.69, 9.17) is 4.74 Å². The SMILES string of the molecule is CCOCC(C)(C)CCNC(C)C. The minimum absolute atomic E-state index is 0.303. The van der Waals surface area contributed by atoms with Gasteiger partial charge in [0.25, 0.3) is 0 Å². The van der Waals surface area contributed by atoms with Gasteiger partial charge >= 0.3 is 0 Å². The summed E-state index contributed by atoms with van der Waals surface area (Å²) in [5.41, 5.74) is 0.303. The van der Waals surface area contributed by atoms with E-state index < -0.39 is 0 Å². The van der Waals surface area contributed by atoms with Crippen LogP contribution in [0.1, 0.15) is 41.0 Å². The Bertz CT molecular complexity index is 121. The minimum Gasteiger partial charge on any atom is -0.381 e. The molecule has 0 fully saturated rings. The van der Waals surface area contributed by atoms with Gasteiger partial charge in [-0.2, -0.15) is 0 Å².